The van der Waals surface area contributed by atoms with Crippen molar-refractivity contribution in [1.29, 1.82) is 5.26 Å². The molecule has 0 radical (unpaired) electrons. The van der Waals surface area contributed by atoms with Crippen molar-refractivity contribution in [2.75, 3.05) is 24.4 Å². The van der Waals surface area contributed by atoms with E-state index in [1.807, 2.05) is 6.07 Å². The van der Waals surface area contributed by atoms with Crippen molar-refractivity contribution in [2.24, 2.45) is 0 Å². The van der Waals surface area contributed by atoms with Gasteiger partial charge in [0.15, 0.2) is 11.5 Å². The van der Waals surface area contributed by atoms with E-state index >= 15 is 0 Å². The molecule has 0 aromatic heterocycles. The van der Waals surface area contributed by atoms with Gasteiger partial charge in [0.05, 0.1) is 13.7 Å². The number of nitrogens with zero attached hydrogens (tertiary/aromatic N) is 1. The second kappa shape index (κ2) is 11.3. The quantitative estimate of drug-likeness (QED) is 0.365. The SMILES string of the molecule is CCCCOc1ccc(/C=C(\C#N)C(=O)Nc2ccc(NC(C)=O)cc2)cc1OC. The van der Waals surface area contributed by atoms with Crippen molar-refractivity contribution >= 4 is 29.3 Å². The number of benzene rings is 2. The summed E-state index contributed by atoms with van der Waals surface area (Å²) in [6.07, 6.45) is 3.45. The Kier molecular flexibility index (Phi) is 8.45. The van der Waals surface area contributed by atoms with E-state index in [0.29, 0.717) is 35.0 Å². The fraction of sp³-hybridized carbons (Fsp3) is 0.261. The highest BCUT2D eigenvalue weighted by Crippen LogP contribution is 2.29. The minimum Gasteiger partial charge on any atom is -0.493 e. The number of rotatable bonds is 9. The molecule has 0 saturated heterocycles. The van der Waals surface area contributed by atoms with Crippen LogP contribution in [0.3, 0.4) is 0 Å². The average Bonchev–Trinajstić information content (AvgIpc) is 2.73. The van der Waals surface area contributed by atoms with Gasteiger partial charge in [0.25, 0.3) is 5.91 Å². The fourth-order valence-corrected chi connectivity index (χ4v) is 2.57. The molecule has 0 aliphatic heterocycles. The molecule has 0 spiro atoms. The number of hydrogen-bond acceptors (Lipinski definition) is 5. The number of methoxy groups -OCH3 is 1. The summed E-state index contributed by atoms with van der Waals surface area (Å²) in [5.74, 6) is 0.433. The Morgan fingerprint density at radius 3 is 2.30 bits per heavy atom. The molecule has 0 heterocycles. The van der Waals surface area contributed by atoms with Gasteiger partial charge in [0.2, 0.25) is 5.91 Å². The average molecular weight is 407 g/mol. The maximum atomic E-state index is 12.5. The Hall–Kier alpha value is -3.79. The highest BCUT2D eigenvalue weighted by Gasteiger charge is 2.11. The van der Waals surface area contributed by atoms with E-state index < -0.39 is 5.91 Å². The van der Waals surface area contributed by atoms with E-state index in [1.54, 1.807) is 42.5 Å². The normalized spacial score (nSPS) is 10.7. The molecule has 7 nitrogen and oxygen atoms in total. The number of anilines is 2. The van der Waals surface area contributed by atoms with Gasteiger partial charge in [-0.2, -0.15) is 5.26 Å². The predicted octanol–water partition coefficient (Wildman–Crippen LogP) is 4.38. The summed E-state index contributed by atoms with van der Waals surface area (Å²) < 4.78 is 11.1. The lowest BCUT2D eigenvalue weighted by atomic mass is 10.1. The van der Waals surface area contributed by atoms with Gasteiger partial charge in [0, 0.05) is 18.3 Å². The summed E-state index contributed by atoms with van der Waals surface area (Å²) >= 11 is 0. The molecule has 156 valence electrons. The van der Waals surface area contributed by atoms with Crippen molar-refractivity contribution in [1.82, 2.24) is 0 Å². The van der Waals surface area contributed by atoms with E-state index in [1.165, 1.54) is 20.1 Å². The minimum absolute atomic E-state index is 0.0531. The molecule has 0 atom stereocenters. The molecule has 2 N–H and O–H groups in total. The molecule has 2 amide bonds. The van der Waals surface area contributed by atoms with Crippen LogP contribution in [0.2, 0.25) is 0 Å². The molecule has 0 fully saturated rings. The lowest BCUT2D eigenvalue weighted by Gasteiger charge is -2.11. The molecule has 2 aromatic rings. The Balaban J connectivity index is 2.13. The van der Waals surface area contributed by atoms with Crippen LogP contribution < -0.4 is 20.1 Å². The summed E-state index contributed by atoms with van der Waals surface area (Å²) in [4.78, 5) is 23.5. The van der Waals surface area contributed by atoms with Gasteiger partial charge in [0.1, 0.15) is 11.6 Å². The Labute approximate surface area is 176 Å². The minimum atomic E-state index is -0.535. The zero-order chi connectivity index (χ0) is 21.9. The first kappa shape index (κ1) is 22.5. The van der Waals surface area contributed by atoms with Crippen LogP contribution in [0.4, 0.5) is 11.4 Å². The van der Waals surface area contributed by atoms with Crippen molar-refractivity contribution in [3.05, 3.63) is 53.6 Å². The molecule has 7 heteroatoms. The van der Waals surface area contributed by atoms with Gasteiger partial charge < -0.3 is 20.1 Å². The molecule has 0 aliphatic rings. The molecule has 30 heavy (non-hydrogen) atoms. The Bertz CT molecular complexity index is 959. The third-order valence-corrected chi connectivity index (χ3v) is 4.08. The monoisotopic (exact) mass is 407 g/mol. The van der Waals surface area contributed by atoms with Gasteiger partial charge in [-0.05, 0) is 54.5 Å². The van der Waals surface area contributed by atoms with Crippen LogP contribution in [0, 0.1) is 11.3 Å². The van der Waals surface area contributed by atoms with Crippen LogP contribution in [-0.2, 0) is 9.59 Å². The molecular weight excluding hydrogens is 382 g/mol. The lowest BCUT2D eigenvalue weighted by Crippen LogP contribution is -2.13. The van der Waals surface area contributed by atoms with E-state index in [9.17, 15) is 14.9 Å². The highest BCUT2D eigenvalue weighted by atomic mass is 16.5. The van der Waals surface area contributed by atoms with Crippen LogP contribution in [-0.4, -0.2) is 25.5 Å². The number of nitrogens with one attached hydrogen (secondary N) is 2. The van der Waals surface area contributed by atoms with Gasteiger partial charge in [-0.1, -0.05) is 19.4 Å². The molecule has 0 aliphatic carbocycles. The van der Waals surface area contributed by atoms with Crippen molar-refractivity contribution in [3.63, 3.8) is 0 Å². The summed E-state index contributed by atoms with van der Waals surface area (Å²) in [7, 11) is 1.54. The van der Waals surface area contributed by atoms with E-state index in [0.717, 1.165) is 12.8 Å². The topological polar surface area (TPSA) is 100 Å². The van der Waals surface area contributed by atoms with Crippen LogP contribution >= 0.6 is 0 Å². The molecule has 0 unspecified atom stereocenters. The predicted molar refractivity (Wildman–Crippen MR) is 116 cm³/mol. The first-order chi connectivity index (χ1) is 14.5. The van der Waals surface area contributed by atoms with E-state index in [-0.39, 0.29) is 11.5 Å². The number of carbonyl (C=O) groups excluding carboxylic acids is 2. The zero-order valence-electron chi connectivity index (χ0n) is 17.3. The molecular formula is C23H25N3O4. The first-order valence-corrected chi connectivity index (χ1v) is 9.58. The number of hydrogen-bond donors (Lipinski definition) is 2. The molecule has 2 rings (SSSR count). The third-order valence-electron chi connectivity index (χ3n) is 4.08. The smallest absolute Gasteiger partial charge is 0.266 e. The maximum Gasteiger partial charge on any atom is 0.266 e. The molecule has 0 saturated carbocycles. The fourth-order valence-electron chi connectivity index (χ4n) is 2.57. The molecule has 2 aromatic carbocycles. The van der Waals surface area contributed by atoms with Crippen LogP contribution in [0.5, 0.6) is 11.5 Å². The summed E-state index contributed by atoms with van der Waals surface area (Å²) in [6, 6.07) is 13.8. The van der Waals surface area contributed by atoms with E-state index in [2.05, 4.69) is 17.6 Å². The Morgan fingerprint density at radius 1 is 1.07 bits per heavy atom. The van der Waals surface area contributed by atoms with Crippen LogP contribution in [0.1, 0.15) is 32.3 Å². The lowest BCUT2D eigenvalue weighted by molar-refractivity contribution is -0.114. The summed E-state index contributed by atoms with van der Waals surface area (Å²) in [5.41, 5.74) is 1.71. The number of carbonyl (C=O) groups is 2. The van der Waals surface area contributed by atoms with Gasteiger partial charge in [-0.25, -0.2) is 0 Å². The van der Waals surface area contributed by atoms with Crippen molar-refractivity contribution < 1.29 is 19.1 Å². The number of nitriles is 1. The largest absolute Gasteiger partial charge is 0.493 e. The molecule has 0 bridgehead atoms. The number of unbranched alkanes of at least 4 members (excludes halogenated alkanes) is 1. The maximum absolute atomic E-state index is 12.5. The second-order valence-corrected chi connectivity index (χ2v) is 6.49. The first-order valence-electron chi connectivity index (χ1n) is 9.58. The van der Waals surface area contributed by atoms with E-state index in [4.69, 9.17) is 9.47 Å². The van der Waals surface area contributed by atoms with Gasteiger partial charge in [-0.15, -0.1) is 0 Å². The summed E-state index contributed by atoms with van der Waals surface area (Å²) in [6.45, 7) is 4.09. The van der Waals surface area contributed by atoms with Crippen molar-refractivity contribution in [2.45, 2.75) is 26.7 Å². The van der Waals surface area contributed by atoms with Gasteiger partial charge >= 0.3 is 0 Å². The van der Waals surface area contributed by atoms with Crippen LogP contribution in [0.15, 0.2) is 48.0 Å². The third kappa shape index (κ3) is 6.67. The Morgan fingerprint density at radius 2 is 1.73 bits per heavy atom. The standard InChI is InChI=1S/C23H25N3O4/c1-4-5-12-30-21-11-6-17(14-22(21)29-3)13-18(15-24)23(28)26-20-9-7-19(8-10-20)25-16(2)27/h6-11,13-14H,4-5,12H2,1-3H3,(H,25,27)(H,26,28)/b18-13+. The summed E-state index contributed by atoms with van der Waals surface area (Å²) in [5, 5.41) is 14.7. The van der Waals surface area contributed by atoms with Crippen LogP contribution in [0.25, 0.3) is 6.08 Å². The second-order valence-electron chi connectivity index (χ2n) is 6.49. The zero-order valence-corrected chi connectivity index (χ0v) is 17.3. The number of ether oxygens (including phenoxy) is 2. The number of amides is 2. The van der Waals surface area contributed by atoms with Crippen molar-refractivity contribution in [3.8, 4) is 17.6 Å². The highest BCUT2D eigenvalue weighted by molar-refractivity contribution is 6.09. The van der Waals surface area contributed by atoms with Gasteiger partial charge in [-0.3, -0.25) is 9.59 Å².